The third kappa shape index (κ3) is 1.58. The summed E-state index contributed by atoms with van der Waals surface area (Å²) in [4.78, 5) is 12.4. The predicted octanol–water partition coefficient (Wildman–Crippen LogP) is 4.99. The quantitative estimate of drug-likeness (QED) is 0.608. The highest BCUT2D eigenvalue weighted by Crippen LogP contribution is 2.65. The van der Waals surface area contributed by atoms with Gasteiger partial charge in [0.1, 0.15) is 5.78 Å². The van der Waals surface area contributed by atoms with Gasteiger partial charge in [-0.05, 0) is 74.0 Å². The third-order valence-corrected chi connectivity index (χ3v) is 8.29. The number of Topliss-reactive ketones (excluding diaryl/α,β-unsaturated/α-hetero) is 1. The van der Waals surface area contributed by atoms with Gasteiger partial charge in [0.05, 0.1) is 0 Å². The summed E-state index contributed by atoms with van der Waals surface area (Å²) < 4.78 is 0. The fraction of sp³-hybridized carbons (Fsp3) is 0.947. The van der Waals surface area contributed by atoms with Crippen molar-refractivity contribution in [3.8, 4) is 0 Å². The minimum Gasteiger partial charge on any atom is -0.299 e. The van der Waals surface area contributed by atoms with Crippen LogP contribution in [0.1, 0.15) is 78.1 Å². The van der Waals surface area contributed by atoms with Gasteiger partial charge in [-0.2, -0.15) is 0 Å². The van der Waals surface area contributed by atoms with Crippen LogP contribution >= 0.6 is 0 Å². The lowest BCUT2D eigenvalue weighted by Gasteiger charge is -2.59. The number of fused-ring (bicyclic) bond motifs is 5. The molecule has 1 nitrogen and oxygen atoms in total. The molecular formula is C19H30O. The van der Waals surface area contributed by atoms with E-state index in [9.17, 15) is 4.79 Å². The minimum atomic E-state index is 0.0685. The molecule has 0 bridgehead atoms. The van der Waals surface area contributed by atoms with E-state index in [-0.39, 0.29) is 5.41 Å². The van der Waals surface area contributed by atoms with Gasteiger partial charge >= 0.3 is 0 Å². The van der Waals surface area contributed by atoms with E-state index in [1.807, 2.05) is 0 Å². The number of hydrogen-bond donors (Lipinski definition) is 0. The van der Waals surface area contributed by atoms with E-state index >= 15 is 0 Å². The second-order valence-electron chi connectivity index (χ2n) is 8.82. The van der Waals surface area contributed by atoms with E-state index in [0.717, 1.165) is 30.1 Å². The van der Waals surface area contributed by atoms with Crippen LogP contribution in [-0.4, -0.2) is 5.78 Å². The van der Waals surface area contributed by atoms with Crippen LogP contribution in [0.3, 0.4) is 0 Å². The van der Waals surface area contributed by atoms with Crippen LogP contribution in [0, 0.1) is 34.5 Å². The number of hydrogen-bond acceptors (Lipinski definition) is 1. The van der Waals surface area contributed by atoms with Crippen molar-refractivity contribution >= 4 is 5.78 Å². The highest BCUT2D eigenvalue weighted by molar-refractivity contribution is 5.87. The second-order valence-corrected chi connectivity index (χ2v) is 8.82. The molecule has 0 aliphatic heterocycles. The zero-order chi connectivity index (χ0) is 14.0. The molecule has 20 heavy (non-hydrogen) atoms. The fourth-order valence-corrected chi connectivity index (χ4v) is 7.07. The summed E-state index contributed by atoms with van der Waals surface area (Å²) in [6.07, 6.45) is 13.4. The maximum Gasteiger partial charge on any atom is 0.139 e. The van der Waals surface area contributed by atoms with Crippen molar-refractivity contribution in [2.24, 2.45) is 34.5 Å². The third-order valence-electron chi connectivity index (χ3n) is 8.29. The molecule has 4 aliphatic rings. The maximum atomic E-state index is 12.4. The van der Waals surface area contributed by atoms with E-state index in [1.54, 1.807) is 0 Å². The molecule has 0 spiro atoms. The van der Waals surface area contributed by atoms with Gasteiger partial charge in [0, 0.05) is 11.8 Å². The van der Waals surface area contributed by atoms with Crippen LogP contribution in [0.15, 0.2) is 0 Å². The first-order valence-corrected chi connectivity index (χ1v) is 9.09. The second kappa shape index (κ2) is 4.34. The molecule has 4 rings (SSSR count). The first-order chi connectivity index (χ1) is 9.56. The topological polar surface area (TPSA) is 17.1 Å². The molecule has 0 radical (unpaired) electrons. The lowest BCUT2D eigenvalue weighted by atomic mass is 9.45. The smallest absolute Gasteiger partial charge is 0.139 e. The Morgan fingerprint density at radius 3 is 2.60 bits per heavy atom. The Morgan fingerprint density at radius 2 is 1.75 bits per heavy atom. The van der Waals surface area contributed by atoms with E-state index in [4.69, 9.17) is 0 Å². The Morgan fingerprint density at radius 1 is 0.900 bits per heavy atom. The molecule has 0 N–H and O–H groups in total. The summed E-state index contributed by atoms with van der Waals surface area (Å²) in [7, 11) is 0. The van der Waals surface area contributed by atoms with Gasteiger partial charge in [0.25, 0.3) is 0 Å². The van der Waals surface area contributed by atoms with Crippen LogP contribution in [0.4, 0.5) is 0 Å². The van der Waals surface area contributed by atoms with E-state index in [0.29, 0.717) is 11.2 Å². The van der Waals surface area contributed by atoms with Crippen LogP contribution in [0.5, 0.6) is 0 Å². The number of rotatable bonds is 0. The van der Waals surface area contributed by atoms with E-state index < -0.39 is 0 Å². The molecule has 4 saturated carbocycles. The molecule has 0 heterocycles. The Bertz CT molecular complexity index is 427. The van der Waals surface area contributed by atoms with Crippen LogP contribution in [0.2, 0.25) is 0 Å². The molecule has 4 aliphatic carbocycles. The molecule has 0 aromatic carbocycles. The lowest BCUT2D eigenvalue weighted by molar-refractivity contribution is -0.138. The minimum absolute atomic E-state index is 0.0685. The van der Waals surface area contributed by atoms with Gasteiger partial charge in [0.15, 0.2) is 0 Å². The zero-order valence-corrected chi connectivity index (χ0v) is 13.3. The zero-order valence-electron chi connectivity index (χ0n) is 13.3. The van der Waals surface area contributed by atoms with Crippen molar-refractivity contribution in [1.82, 2.24) is 0 Å². The van der Waals surface area contributed by atoms with Gasteiger partial charge in [-0.3, -0.25) is 4.79 Å². The first-order valence-electron chi connectivity index (χ1n) is 9.09. The molecule has 0 amide bonds. The summed E-state index contributed by atoms with van der Waals surface area (Å²) in [5.74, 6) is 4.13. The number of ketones is 1. The number of carbonyl (C=O) groups excluding carboxylic acids is 1. The van der Waals surface area contributed by atoms with E-state index in [2.05, 4.69) is 13.8 Å². The van der Waals surface area contributed by atoms with Crippen LogP contribution in [0.25, 0.3) is 0 Å². The molecule has 112 valence electrons. The highest BCUT2D eigenvalue weighted by Gasteiger charge is 2.59. The molecule has 4 fully saturated rings. The summed E-state index contributed by atoms with van der Waals surface area (Å²) in [5.41, 5.74) is 0.688. The molecule has 0 aromatic heterocycles. The van der Waals surface area contributed by atoms with E-state index in [1.165, 1.54) is 57.8 Å². The summed E-state index contributed by atoms with van der Waals surface area (Å²) in [6.45, 7) is 4.92. The van der Waals surface area contributed by atoms with Crippen LogP contribution in [-0.2, 0) is 4.79 Å². The van der Waals surface area contributed by atoms with Crippen molar-refractivity contribution < 1.29 is 4.79 Å². The van der Waals surface area contributed by atoms with Gasteiger partial charge in [-0.1, -0.05) is 26.7 Å². The molecule has 1 heteroatoms. The van der Waals surface area contributed by atoms with Crippen molar-refractivity contribution in [1.29, 1.82) is 0 Å². The van der Waals surface area contributed by atoms with Crippen molar-refractivity contribution in [2.45, 2.75) is 78.1 Å². The van der Waals surface area contributed by atoms with Crippen molar-refractivity contribution in [2.75, 3.05) is 0 Å². The maximum absolute atomic E-state index is 12.4. The average Bonchev–Trinajstić information content (AvgIpc) is 2.74. The first kappa shape index (κ1) is 13.3. The predicted molar refractivity (Wildman–Crippen MR) is 81.4 cm³/mol. The Balaban J connectivity index is 1.66. The molecule has 0 saturated heterocycles. The summed E-state index contributed by atoms with van der Waals surface area (Å²) in [5, 5.41) is 0. The van der Waals surface area contributed by atoms with Crippen molar-refractivity contribution in [3.63, 3.8) is 0 Å². The average molecular weight is 274 g/mol. The molecular weight excluding hydrogens is 244 g/mol. The van der Waals surface area contributed by atoms with Crippen molar-refractivity contribution in [3.05, 3.63) is 0 Å². The summed E-state index contributed by atoms with van der Waals surface area (Å²) in [6, 6.07) is 0. The van der Waals surface area contributed by atoms with Gasteiger partial charge in [-0.25, -0.2) is 0 Å². The Hall–Kier alpha value is -0.330. The molecule has 6 atom stereocenters. The van der Waals surface area contributed by atoms with Gasteiger partial charge in [0.2, 0.25) is 0 Å². The van der Waals surface area contributed by atoms with Gasteiger partial charge in [-0.15, -0.1) is 0 Å². The molecule has 0 aromatic rings. The SMILES string of the molecule is C[C@]12CCCC[C@@H]1CC[C@@H]1[C@H]2CC[C@@]2(C)C(=O)CC[C@H]12. The fourth-order valence-electron chi connectivity index (χ4n) is 7.07. The Labute approximate surface area is 123 Å². The highest BCUT2D eigenvalue weighted by atomic mass is 16.1. The molecule has 0 unspecified atom stereocenters. The number of carbonyl (C=O) groups is 1. The summed E-state index contributed by atoms with van der Waals surface area (Å²) >= 11 is 0. The van der Waals surface area contributed by atoms with Crippen LogP contribution < -0.4 is 0 Å². The normalized spacial score (nSPS) is 55.0. The van der Waals surface area contributed by atoms with Gasteiger partial charge < -0.3 is 0 Å². The Kier molecular flexibility index (Phi) is 2.89. The largest absolute Gasteiger partial charge is 0.299 e. The lowest BCUT2D eigenvalue weighted by Crippen LogP contribution is -2.52. The monoisotopic (exact) mass is 274 g/mol. The standard InChI is InChI=1S/C19H30O/c1-18-11-4-3-5-13(18)6-7-14-15-8-9-17(20)19(15,2)12-10-16(14)18/h13-16H,3-12H2,1-2H3/t13-,14+,15-,16-,18+,19-/m1/s1.